The molecule has 1 heterocycles. The molecular weight excluding hydrogens is 210 g/mol. The van der Waals surface area contributed by atoms with Crippen molar-refractivity contribution in [1.29, 1.82) is 0 Å². The summed E-state index contributed by atoms with van der Waals surface area (Å²) in [7, 11) is 4.07. The minimum atomic E-state index is 0.854. The molecule has 17 heavy (non-hydrogen) atoms. The summed E-state index contributed by atoms with van der Waals surface area (Å²) in [6, 6.07) is 8.47. The molecule has 0 saturated carbocycles. The van der Waals surface area contributed by atoms with Crippen LogP contribution in [0.1, 0.15) is 12.5 Å². The number of hydrogen-bond acceptors (Lipinski definition) is 3. The fourth-order valence-electron chi connectivity index (χ4n) is 1.87. The average molecular weight is 229 g/mol. The lowest BCUT2D eigenvalue weighted by atomic mass is 10.2. The predicted molar refractivity (Wildman–Crippen MR) is 73.4 cm³/mol. The van der Waals surface area contributed by atoms with Gasteiger partial charge in [-0.3, -0.25) is 5.01 Å². The van der Waals surface area contributed by atoms with E-state index in [9.17, 15) is 0 Å². The molecule has 0 N–H and O–H groups in total. The van der Waals surface area contributed by atoms with Crippen LogP contribution in [0.5, 0.6) is 0 Å². The molecule has 0 aliphatic carbocycles. The number of benzene rings is 1. The lowest BCUT2D eigenvalue weighted by Gasteiger charge is -2.14. The van der Waals surface area contributed by atoms with Crippen LogP contribution in [-0.2, 0) is 0 Å². The average Bonchev–Trinajstić information content (AvgIpc) is 2.60. The second-order valence-corrected chi connectivity index (χ2v) is 4.70. The Kier molecular flexibility index (Phi) is 3.18. The van der Waals surface area contributed by atoms with Gasteiger partial charge >= 0.3 is 0 Å². The lowest BCUT2D eigenvalue weighted by molar-refractivity contribution is 0.560. The molecule has 0 fully saturated rings. The summed E-state index contributed by atoms with van der Waals surface area (Å²) in [5, 5.41) is 6.62. The van der Waals surface area contributed by atoms with Gasteiger partial charge in [0.25, 0.3) is 0 Å². The van der Waals surface area contributed by atoms with Gasteiger partial charge in [-0.15, -0.1) is 0 Å². The van der Waals surface area contributed by atoms with Gasteiger partial charge in [-0.1, -0.05) is 17.7 Å². The first-order valence-corrected chi connectivity index (χ1v) is 5.83. The van der Waals surface area contributed by atoms with E-state index in [2.05, 4.69) is 54.3 Å². The summed E-state index contributed by atoms with van der Waals surface area (Å²) in [6.45, 7) is 5.01. The Hall–Kier alpha value is -1.77. The number of hydrogen-bond donors (Lipinski definition) is 0. The van der Waals surface area contributed by atoms with E-state index in [4.69, 9.17) is 0 Å². The number of anilines is 1. The standard InChI is InChI=1S/C14H19N3/c1-11-5-7-14(8-6-11)17-10-13(9-16(3)4)12(2)15-17/h5-9H,10H2,1-4H3. The number of nitrogens with zero attached hydrogens (tertiary/aromatic N) is 3. The van der Waals surface area contributed by atoms with Crippen molar-refractivity contribution in [3.63, 3.8) is 0 Å². The van der Waals surface area contributed by atoms with Crippen LogP contribution in [0, 0.1) is 6.92 Å². The molecule has 0 bridgehead atoms. The Morgan fingerprint density at radius 1 is 1.18 bits per heavy atom. The second-order valence-electron chi connectivity index (χ2n) is 4.70. The quantitative estimate of drug-likeness (QED) is 0.776. The molecule has 3 nitrogen and oxygen atoms in total. The number of aryl methyl sites for hydroxylation is 1. The molecule has 0 aromatic heterocycles. The van der Waals surface area contributed by atoms with Gasteiger partial charge in [0.1, 0.15) is 0 Å². The molecule has 1 aromatic carbocycles. The van der Waals surface area contributed by atoms with Crippen molar-refractivity contribution in [3.8, 4) is 0 Å². The highest BCUT2D eigenvalue weighted by Gasteiger charge is 2.18. The lowest BCUT2D eigenvalue weighted by Crippen LogP contribution is -2.14. The topological polar surface area (TPSA) is 18.8 Å². The Morgan fingerprint density at radius 3 is 2.41 bits per heavy atom. The molecule has 2 rings (SSSR count). The van der Waals surface area contributed by atoms with Gasteiger partial charge in [0.2, 0.25) is 0 Å². The minimum Gasteiger partial charge on any atom is -0.383 e. The SMILES string of the molecule is CC1=NN(c2ccc(C)cc2)CC1=CN(C)C. The third kappa shape index (κ3) is 2.67. The third-order valence-electron chi connectivity index (χ3n) is 2.80. The van der Waals surface area contributed by atoms with E-state index >= 15 is 0 Å². The highest BCUT2D eigenvalue weighted by atomic mass is 15.5. The maximum Gasteiger partial charge on any atom is 0.0699 e. The van der Waals surface area contributed by atoms with Crippen molar-refractivity contribution >= 4 is 11.4 Å². The van der Waals surface area contributed by atoms with Gasteiger partial charge in [0.15, 0.2) is 0 Å². The van der Waals surface area contributed by atoms with Crippen LogP contribution in [0.3, 0.4) is 0 Å². The first kappa shape index (κ1) is 11.7. The highest BCUT2D eigenvalue weighted by molar-refractivity contribution is 6.01. The zero-order valence-electron chi connectivity index (χ0n) is 10.9. The Balaban J connectivity index is 2.20. The van der Waals surface area contributed by atoms with Gasteiger partial charge < -0.3 is 4.90 Å². The van der Waals surface area contributed by atoms with Crippen LogP contribution in [0.15, 0.2) is 41.1 Å². The van der Waals surface area contributed by atoms with Crippen molar-refractivity contribution in [3.05, 3.63) is 41.6 Å². The van der Waals surface area contributed by atoms with E-state index in [0.717, 1.165) is 17.9 Å². The van der Waals surface area contributed by atoms with Gasteiger partial charge in [-0.2, -0.15) is 5.10 Å². The first-order valence-electron chi connectivity index (χ1n) is 5.83. The molecule has 0 amide bonds. The molecule has 0 atom stereocenters. The van der Waals surface area contributed by atoms with Crippen molar-refractivity contribution < 1.29 is 0 Å². The van der Waals surface area contributed by atoms with E-state index in [-0.39, 0.29) is 0 Å². The van der Waals surface area contributed by atoms with Crippen molar-refractivity contribution in [1.82, 2.24) is 4.90 Å². The van der Waals surface area contributed by atoms with Crippen molar-refractivity contribution in [2.24, 2.45) is 5.10 Å². The maximum absolute atomic E-state index is 4.58. The van der Waals surface area contributed by atoms with Crippen LogP contribution in [-0.4, -0.2) is 31.3 Å². The summed E-state index contributed by atoms with van der Waals surface area (Å²) in [6.07, 6.45) is 2.13. The highest BCUT2D eigenvalue weighted by Crippen LogP contribution is 2.22. The Bertz CT molecular complexity index is 455. The third-order valence-corrected chi connectivity index (χ3v) is 2.80. The molecule has 1 aliphatic rings. The van der Waals surface area contributed by atoms with Crippen LogP contribution in [0.4, 0.5) is 5.69 Å². The second kappa shape index (κ2) is 4.62. The molecule has 0 unspecified atom stereocenters. The van der Waals surface area contributed by atoms with Gasteiger partial charge in [0, 0.05) is 25.9 Å². The van der Waals surface area contributed by atoms with Crippen LogP contribution in [0.25, 0.3) is 0 Å². The minimum absolute atomic E-state index is 0.854. The van der Waals surface area contributed by atoms with Crippen LogP contribution < -0.4 is 5.01 Å². The molecule has 0 radical (unpaired) electrons. The zero-order chi connectivity index (χ0) is 12.4. The molecular formula is C14H19N3. The monoisotopic (exact) mass is 229 g/mol. The fraction of sp³-hybridized carbons (Fsp3) is 0.357. The molecule has 1 aromatic rings. The van der Waals surface area contributed by atoms with E-state index in [1.165, 1.54) is 11.1 Å². The predicted octanol–water partition coefficient (Wildman–Crippen LogP) is 2.64. The van der Waals surface area contributed by atoms with E-state index in [0.29, 0.717) is 0 Å². The molecule has 90 valence electrons. The van der Waals surface area contributed by atoms with Crippen molar-refractivity contribution in [2.45, 2.75) is 13.8 Å². The van der Waals surface area contributed by atoms with Crippen LogP contribution in [0.2, 0.25) is 0 Å². The van der Waals surface area contributed by atoms with E-state index in [1.807, 2.05) is 19.1 Å². The maximum atomic E-state index is 4.58. The van der Waals surface area contributed by atoms with Gasteiger partial charge in [-0.25, -0.2) is 0 Å². The van der Waals surface area contributed by atoms with E-state index < -0.39 is 0 Å². The Morgan fingerprint density at radius 2 is 1.82 bits per heavy atom. The van der Waals surface area contributed by atoms with Gasteiger partial charge in [0.05, 0.1) is 17.9 Å². The largest absolute Gasteiger partial charge is 0.383 e. The van der Waals surface area contributed by atoms with Crippen molar-refractivity contribution in [2.75, 3.05) is 25.6 Å². The smallest absolute Gasteiger partial charge is 0.0699 e. The number of rotatable bonds is 2. The van der Waals surface area contributed by atoms with E-state index in [1.54, 1.807) is 0 Å². The summed E-state index contributed by atoms with van der Waals surface area (Å²) in [5.74, 6) is 0. The molecule has 0 saturated heterocycles. The summed E-state index contributed by atoms with van der Waals surface area (Å²) in [4.78, 5) is 2.06. The summed E-state index contributed by atoms with van der Waals surface area (Å²) >= 11 is 0. The molecule has 1 aliphatic heterocycles. The fourth-order valence-corrected chi connectivity index (χ4v) is 1.87. The Labute approximate surface area is 103 Å². The van der Waals surface area contributed by atoms with Gasteiger partial charge in [-0.05, 0) is 26.0 Å². The summed E-state index contributed by atoms with van der Waals surface area (Å²) < 4.78 is 0. The van der Waals surface area contributed by atoms with Crippen LogP contribution >= 0.6 is 0 Å². The number of hydrazone groups is 1. The summed E-state index contributed by atoms with van der Waals surface area (Å²) in [5.41, 5.74) is 4.80. The zero-order valence-corrected chi connectivity index (χ0v) is 10.9. The molecule has 3 heteroatoms. The molecule has 0 spiro atoms. The first-order chi connectivity index (χ1) is 8.06. The normalized spacial score (nSPS) is 17.5.